The van der Waals surface area contributed by atoms with E-state index in [9.17, 15) is 9.59 Å². The standard InChI is InChI=1S/C11H8ClNO3/c1-16-11(15)10(14)8-5-13-9-4-6(12)2-3-7(8)9/h2-5,13H,1H3. The molecule has 0 saturated carbocycles. The van der Waals surface area contributed by atoms with Crippen molar-refractivity contribution in [3.63, 3.8) is 0 Å². The number of aromatic amines is 1. The number of benzene rings is 1. The van der Waals surface area contributed by atoms with Gasteiger partial charge in [-0.1, -0.05) is 17.7 Å². The molecule has 0 bridgehead atoms. The maximum absolute atomic E-state index is 11.6. The number of fused-ring (bicyclic) bond motifs is 1. The Kier molecular flexibility index (Phi) is 2.66. The van der Waals surface area contributed by atoms with E-state index < -0.39 is 11.8 Å². The van der Waals surface area contributed by atoms with Crippen molar-refractivity contribution in [3.8, 4) is 0 Å². The molecule has 0 aliphatic heterocycles. The first-order chi connectivity index (χ1) is 7.63. The van der Waals surface area contributed by atoms with E-state index >= 15 is 0 Å². The van der Waals surface area contributed by atoms with Crippen molar-refractivity contribution in [2.45, 2.75) is 0 Å². The molecular formula is C11H8ClNO3. The average molecular weight is 238 g/mol. The van der Waals surface area contributed by atoms with Crippen LogP contribution in [-0.4, -0.2) is 23.8 Å². The van der Waals surface area contributed by atoms with Crippen molar-refractivity contribution in [2.24, 2.45) is 0 Å². The largest absolute Gasteiger partial charge is 0.463 e. The van der Waals surface area contributed by atoms with Crippen molar-refractivity contribution < 1.29 is 14.3 Å². The van der Waals surface area contributed by atoms with Gasteiger partial charge in [0.1, 0.15) is 0 Å². The van der Waals surface area contributed by atoms with Gasteiger partial charge in [-0.25, -0.2) is 4.79 Å². The Bertz CT molecular complexity index is 574. The van der Waals surface area contributed by atoms with Crippen LogP contribution >= 0.6 is 11.6 Å². The highest BCUT2D eigenvalue weighted by atomic mass is 35.5. The summed E-state index contributed by atoms with van der Waals surface area (Å²) in [5.74, 6) is -1.55. The first-order valence-electron chi connectivity index (χ1n) is 4.52. The van der Waals surface area contributed by atoms with Gasteiger partial charge >= 0.3 is 5.97 Å². The lowest BCUT2D eigenvalue weighted by Gasteiger charge is -1.97. The first-order valence-corrected chi connectivity index (χ1v) is 4.90. The number of carbonyl (C=O) groups excluding carboxylic acids is 2. The number of Topliss-reactive ketones (excluding diaryl/α,β-unsaturated/α-hetero) is 1. The average Bonchev–Trinajstić information content (AvgIpc) is 2.69. The normalized spacial score (nSPS) is 10.4. The van der Waals surface area contributed by atoms with Gasteiger partial charge in [-0.15, -0.1) is 0 Å². The number of halogens is 1. The Morgan fingerprint density at radius 2 is 2.12 bits per heavy atom. The predicted molar refractivity (Wildman–Crippen MR) is 59.7 cm³/mol. The predicted octanol–water partition coefficient (Wildman–Crippen LogP) is 2.18. The Balaban J connectivity index is 2.54. The Hall–Kier alpha value is -1.81. The molecule has 0 radical (unpaired) electrons. The summed E-state index contributed by atoms with van der Waals surface area (Å²) in [6, 6.07) is 5.03. The number of aromatic nitrogens is 1. The summed E-state index contributed by atoms with van der Waals surface area (Å²) in [7, 11) is 1.17. The van der Waals surface area contributed by atoms with Gasteiger partial charge in [0.25, 0.3) is 5.78 Å². The smallest absolute Gasteiger partial charge is 0.379 e. The number of H-pyrrole nitrogens is 1. The second kappa shape index (κ2) is 3.98. The fourth-order valence-electron chi connectivity index (χ4n) is 1.49. The second-order valence-electron chi connectivity index (χ2n) is 3.21. The van der Waals surface area contributed by atoms with Crippen molar-refractivity contribution in [1.82, 2.24) is 4.98 Å². The zero-order chi connectivity index (χ0) is 11.7. The minimum Gasteiger partial charge on any atom is -0.463 e. The molecule has 1 heterocycles. The SMILES string of the molecule is COC(=O)C(=O)c1c[nH]c2cc(Cl)ccc12. The molecule has 1 aromatic carbocycles. The van der Waals surface area contributed by atoms with Gasteiger partial charge in [0.15, 0.2) is 0 Å². The summed E-state index contributed by atoms with van der Waals surface area (Å²) in [4.78, 5) is 25.6. The minimum absolute atomic E-state index is 0.290. The third-order valence-corrected chi connectivity index (χ3v) is 2.49. The number of ether oxygens (including phenoxy) is 1. The summed E-state index contributed by atoms with van der Waals surface area (Å²) >= 11 is 5.80. The van der Waals surface area contributed by atoms with E-state index in [4.69, 9.17) is 11.6 Å². The van der Waals surface area contributed by atoms with Gasteiger partial charge in [-0.3, -0.25) is 4.79 Å². The Labute approximate surface area is 96.2 Å². The Morgan fingerprint density at radius 1 is 1.38 bits per heavy atom. The van der Waals surface area contributed by atoms with Crippen LogP contribution in [0.15, 0.2) is 24.4 Å². The summed E-state index contributed by atoms with van der Waals surface area (Å²) in [6.07, 6.45) is 1.47. The highest BCUT2D eigenvalue weighted by Gasteiger charge is 2.20. The lowest BCUT2D eigenvalue weighted by atomic mass is 10.1. The lowest BCUT2D eigenvalue weighted by molar-refractivity contribution is -0.135. The Morgan fingerprint density at radius 3 is 2.81 bits per heavy atom. The quantitative estimate of drug-likeness (QED) is 0.495. The molecule has 4 nitrogen and oxygen atoms in total. The number of rotatable bonds is 2. The molecule has 16 heavy (non-hydrogen) atoms. The van der Waals surface area contributed by atoms with E-state index in [2.05, 4.69) is 9.72 Å². The molecule has 1 aromatic heterocycles. The van der Waals surface area contributed by atoms with Crippen LogP contribution in [0.25, 0.3) is 10.9 Å². The summed E-state index contributed by atoms with van der Waals surface area (Å²) < 4.78 is 4.38. The maximum Gasteiger partial charge on any atom is 0.379 e. The summed E-state index contributed by atoms with van der Waals surface area (Å²) in [5, 5.41) is 1.21. The van der Waals surface area contributed by atoms with E-state index in [1.165, 1.54) is 13.3 Å². The molecule has 0 unspecified atom stereocenters. The maximum atomic E-state index is 11.6. The molecule has 0 aliphatic carbocycles. The topological polar surface area (TPSA) is 59.2 Å². The van der Waals surface area contributed by atoms with Crippen LogP contribution in [0.2, 0.25) is 5.02 Å². The fraction of sp³-hybridized carbons (Fsp3) is 0.0909. The van der Waals surface area contributed by atoms with Crippen LogP contribution < -0.4 is 0 Å². The van der Waals surface area contributed by atoms with Crippen LogP contribution in [0.1, 0.15) is 10.4 Å². The van der Waals surface area contributed by atoms with Gasteiger partial charge in [-0.2, -0.15) is 0 Å². The van der Waals surface area contributed by atoms with Crippen molar-refractivity contribution >= 4 is 34.3 Å². The number of hydrogen-bond acceptors (Lipinski definition) is 3. The van der Waals surface area contributed by atoms with Crippen LogP contribution in [0.4, 0.5) is 0 Å². The number of ketones is 1. The number of esters is 1. The van der Waals surface area contributed by atoms with Crippen molar-refractivity contribution in [1.29, 1.82) is 0 Å². The third kappa shape index (κ3) is 1.67. The molecule has 5 heteroatoms. The highest BCUT2D eigenvalue weighted by molar-refractivity contribution is 6.43. The fourth-order valence-corrected chi connectivity index (χ4v) is 1.66. The van der Waals surface area contributed by atoms with Crippen molar-refractivity contribution in [2.75, 3.05) is 7.11 Å². The molecule has 0 fully saturated rings. The summed E-state index contributed by atoms with van der Waals surface area (Å²) in [5.41, 5.74) is 0.998. The molecule has 0 spiro atoms. The number of carbonyl (C=O) groups is 2. The van der Waals surface area contributed by atoms with E-state index in [0.29, 0.717) is 21.5 Å². The number of nitrogens with one attached hydrogen (secondary N) is 1. The zero-order valence-corrected chi connectivity index (χ0v) is 9.17. The number of hydrogen-bond donors (Lipinski definition) is 1. The van der Waals surface area contributed by atoms with E-state index in [1.807, 2.05) is 0 Å². The van der Waals surface area contributed by atoms with Gasteiger partial charge in [-0.05, 0) is 12.1 Å². The van der Waals surface area contributed by atoms with E-state index in [-0.39, 0.29) is 0 Å². The highest BCUT2D eigenvalue weighted by Crippen LogP contribution is 2.22. The third-order valence-electron chi connectivity index (χ3n) is 2.26. The molecule has 1 N–H and O–H groups in total. The molecule has 0 amide bonds. The van der Waals surface area contributed by atoms with Crippen LogP contribution in [-0.2, 0) is 9.53 Å². The molecular weight excluding hydrogens is 230 g/mol. The minimum atomic E-state index is -0.879. The molecule has 0 atom stereocenters. The molecule has 0 saturated heterocycles. The monoisotopic (exact) mass is 237 g/mol. The van der Waals surface area contributed by atoms with Crippen molar-refractivity contribution in [3.05, 3.63) is 35.0 Å². The van der Waals surface area contributed by atoms with Crippen LogP contribution in [0.3, 0.4) is 0 Å². The molecule has 0 aliphatic rings. The second-order valence-corrected chi connectivity index (χ2v) is 3.65. The lowest BCUT2D eigenvalue weighted by Crippen LogP contribution is -2.15. The van der Waals surface area contributed by atoms with Crippen LogP contribution in [0.5, 0.6) is 0 Å². The molecule has 2 rings (SSSR count). The van der Waals surface area contributed by atoms with Gasteiger partial charge in [0, 0.05) is 22.1 Å². The van der Waals surface area contributed by atoms with E-state index in [0.717, 1.165) is 0 Å². The first kappa shape index (κ1) is 10.7. The number of methoxy groups -OCH3 is 1. The molecule has 82 valence electrons. The molecule has 2 aromatic rings. The van der Waals surface area contributed by atoms with Crippen LogP contribution in [0, 0.1) is 0 Å². The van der Waals surface area contributed by atoms with Gasteiger partial charge in [0.2, 0.25) is 0 Å². The van der Waals surface area contributed by atoms with Gasteiger partial charge in [0.05, 0.1) is 12.7 Å². The van der Waals surface area contributed by atoms with Gasteiger partial charge < -0.3 is 9.72 Å². The summed E-state index contributed by atoms with van der Waals surface area (Å²) in [6.45, 7) is 0. The van der Waals surface area contributed by atoms with E-state index in [1.54, 1.807) is 18.2 Å². The zero-order valence-electron chi connectivity index (χ0n) is 8.41.